The van der Waals surface area contributed by atoms with Crippen molar-refractivity contribution in [3.8, 4) is 11.1 Å². The van der Waals surface area contributed by atoms with Gasteiger partial charge >= 0.3 is 6.09 Å². The van der Waals surface area contributed by atoms with Gasteiger partial charge in [0.15, 0.2) is 6.10 Å². The second-order valence-corrected chi connectivity index (χ2v) is 7.35. The summed E-state index contributed by atoms with van der Waals surface area (Å²) in [6.45, 7) is 0. The van der Waals surface area contributed by atoms with Gasteiger partial charge in [0.2, 0.25) is 5.95 Å². The van der Waals surface area contributed by atoms with Crippen LogP contribution in [-0.2, 0) is 4.74 Å². The number of alkyl carbamates (subject to hydrolysis) is 1. The van der Waals surface area contributed by atoms with Gasteiger partial charge in [-0.25, -0.2) is 14.2 Å². The summed E-state index contributed by atoms with van der Waals surface area (Å²) in [5.41, 5.74) is 3.42. The lowest BCUT2D eigenvalue weighted by Gasteiger charge is -2.18. The van der Waals surface area contributed by atoms with E-state index in [4.69, 9.17) is 4.74 Å². The molecule has 2 fully saturated rings. The van der Waals surface area contributed by atoms with Gasteiger partial charge in [-0.3, -0.25) is 4.98 Å². The normalized spacial score (nSPS) is 21.0. The first kappa shape index (κ1) is 17.7. The molecule has 1 amide bonds. The molecule has 0 unspecified atom stereocenters. The lowest BCUT2D eigenvalue weighted by molar-refractivity contribution is 0.131. The lowest BCUT2D eigenvalue weighted by Crippen LogP contribution is -2.21. The van der Waals surface area contributed by atoms with E-state index in [9.17, 15) is 13.6 Å². The number of cyclic esters (lactones) is 1. The molecule has 5 rings (SSSR count). The average molecular weight is 393 g/mol. The number of nitrogens with one attached hydrogen (secondary N) is 1. The highest BCUT2D eigenvalue weighted by Gasteiger charge is 2.38. The van der Waals surface area contributed by atoms with Crippen molar-refractivity contribution < 1.29 is 18.3 Å². The second kappa shape index (κ2) is 6.92. The van der Waals surface area contributed by atoms with E-state index in [0.717, 1.165) is 29.7 Å². The summed E-state index contributed by atoms with van der Waals surface area (Å²) in [6.07, 6.45) is 4.04. The van der Waals surface area contributed by atoms with Crippen molar-refractivity contribution in [2.75, 3.05) is 0 Å². The van der Waals surface area contributed by atoms with Crippen molar-refractivity contribution in [1.82, 2.24) is 15.3 Å². The Morgan fingerprint density at radius 1 is 1.00 bits per heavy atom. The van der Waals surface area contributed by atoms with Crippen LogP contribution in [0.2, 0.25) is 0 Å². The molecule has 29 heavy (non-hydrogen) atoms. The number of hydrogen-bond donors (Lipinski definition) is 1. The highest BCUT2D eigenvalue weighted by atomic mass is 19.1. The molecule has 1 N–H and O–H groups in total. The second-order valence-electron chi connectivity index (χ2n) is 7.35. The minimum Gasteiger partial charge on any atom is -0.439 e. The lowest BCUT2D eigenvalue weighted by atomic mass is 9.95. The molecule has 7 heteroatoms. The van der Waals surface area contributed by atoms with Crippen LogP contribution in [0.25, 0.3) is 11.1 Å². The van der Waals surface area contributed by atoms with Crippen LogP contribution in [0.5, 0.6) is 0 Å². The van der Waals surface area contributed by atoms with Gasteiger partial charge < -0.3 is 10.1 Å². The molecule has 2 atom stereocenters. The van der Waals surface area contributed by atoms with Crippen molar-refractivity contribution in [3.05, 3.63) is 83.4 Å². The molecule has 1 saturated heterocycles. The largest absolute Gasteiger partial charge is 0.439 e. The van der Waals surface area contributed by atoms with Crippen LogP contribution < -0.4 is 5.32 Å². The fourth-order valence-electron chi connectivity index (χ4n) is 3.65. The Bertz CT molecular complexity index is 1080. The van der Waals surface area contributed by atoms with E-state index in [1.54, 1.807) is 12.3 Å². The molecule has 2 aliphatic rings. The minimum atomic E-state index is -0.783. The van der Waals surface area contributed by atoms with Gasteiger partial charge in [0.25, 0.3) is 0 Å². The number of halogens is 2. The molecule has 0 bridgehead atoms. The van der Waals surface area contributed by atoms with E-state index in [1.807, 2.05) is 12.1 Å². The number of nitrogens with zero attached hydrogens (tertiary/aromatic N) is 2. The molecule has 0 radical (unpaired) electrons. The van der Waals surface area contributed by atoms with Gasteiger partial charge in [-0.1, -0.05) is 12.1 Å². The Morgan fingerprint density at radius 3 is 2.55 bits per heavy atom. The van der Waals surface area contributed by atoms with E-state index in [-0.39, 0.29) is 5.56 Å². The topological polar surface area (TPSA) is 64.1 Å². The summed E-state index contributed by atoms with van der Waals surface area (Å²) < 4.78 is 33.3. The molecule has 146 valence electrons. The van der Waals surface area contributed by atoms with E-state index in [1.165, 1.54) is 30.5 Å². The van der Waals surface area contributed by atoms with Gasteiger partial charge in [0.05, 0.1) is 0 Å². The molecule has 1 aromatic carbocycles. The average Bonchev–Trinajstić information content (AvgIpc) is 3.51. The van der Waals surface area contributed by atoms with Crippen LogP contribution in [0.1, 0.15) is 47.7 Å². The summed E-state index contributed by atoms with van der Waals surface area (Å²) in [6, 6.07) is 10.3. The smallest absolute Gasteiger partial charge is 0.408 e. The van der Waals surface area contributed by atoms with Crippen molar-refractivity contribution in [3.63, 3.8) is 0 Å². The minimum absolute atomic E-state index is 0.215. The Balaban J connectivity index is 1.52. The molecule has 5 nitrogen and oxygen atoms in total. The van der Waals surface area contributed by atoms with Crippen LogP contribution in [0.3, 0.4) is 0 Å². The molecule has 3 heterocycles. The first-order valence-corrected chi connectivity index (χ1v) is 9.43. The Morgan fingerprint density at radius 2 is 1.79 bits per heavy atom. The van der Waals surface area contributed by atoms with Crippen LogP contribution in [0.15, 0.2) is 54.9 Å². The van der Waals surface area contributed by atoms with E-state index < -0.39 is 30.0 Å². The molecule has 2 aromatic heterocycles. The third-order valence-electron chi connectivity index (χ3n) is 5.32. The van der Waals surface area contributed by atoms with Crippen molar-refractivity contribution >= 4 is 6.09 Å². The fraction of sp³-hybridized carbons (Fsp3) is 0.227. The van der Waals surface area contributed by atoms with E-state index >= 15 is 0 Å². The summed E-state index contributed by atoms with van der Waals surface area (Å²) in [4.78, 5) is 20.2. The maximum Gasteiger partial charge on any atom is 0.408 e. The number of amides is 1. The predicted molar refractivity (Wildman–Crippen MR) is 101 cm³/mol. The summed E-state index contributed by atoms with van der Waals surface area (Å²) >= 11 is 0. The number of carbonyl (C=O) groups is 1. The van der Waals surface area contributed by atoms with Gasteiger partial charge in [0, 0.05) is 35.1 Å². The highest BCUT2D eigenvalue weighted by molar-refractivity contribution is 5.72. The number of aromatic nitrogens is 2. The number of hydrogen-bond acceptors (Lipinski definition) is 4. The zero-order valence-electron chi connectivity index (χ0n) is 15.3. The van der Waals surface area contributed by atoms with Crippen LogP contribution in [0.4, 0.5) is 13.6 Å². The molecule has 1 aliphatic heterocycles. The SMILES string of the molecule is O=C1N[C@H](c2cc(-c3ccnc(C4CC4)c3)cnc2F)[C@@H](c2ccc(F)cc2)O1. The van der Waals surface area contributed by atoms with E-state index in [0.29, 0.717) is 11.5 Å². The fourth-order valence-corrected chi connectivity index (χ4v) is 3.65. The number of ether oxygens (including phenoxy) is 1. The monoisotopic (exact) mass is 393 g/mol. The number of carbonyl (C=O) groups excluding carboxylic acids is 1. The van der Waals surface area contributed by atoms with E-state index in [2.05, 4.69) is 15.3 Å². The van der Waals surface area contributed by atoms with Gasteiger partial charge in [-0.15, -0.1) is 0 Å². The number of rotatable bonds is 4. The molecular weight excluding hydrogens is 376 g/mol. The zero-order valence-corrected chi connectivity index (χ0v) is 15.3. The first-order valence-electron chi connectivity index (χ1n) is 9.43. The maximum atomic E-state index is 14.6. The van der Waals surface area contributed by atoms with Gasteiger partial charge in [0.1, 0.15) is 11.9 Å². The standard InChI is InChI=1S/C22H17F2N3O2/c23-16-5-3-13(4-6-16)20-19(27-22(28)29-20)17-9-15(11-26-21(17)24)14-7-8-25-18(10-14)12-1-2-12/h3-12,19-20H,1-2H2,(H,27,28)/t19-,20-/m1/s1. The van der Waals surface area contributed by atoms with Crippen molar-refractivity contribution in [2.45, 2.75) is 30.9 Å². The molecule has 1 aliphatic carbocycles. The third kappa shape index (κ3) is 3.44. The molecular formula is C22H17F2N3O2. The van der Waals surface area contributed by atoms with Crippen LogP contribution >= 0.6 is 0 Å². The summed E-state index contributed by atoms with van der Waals surface area (Å²) in [5.74, 6) is -0.595. The summed E-state index contributed by atoms with van der Waals surface area (Å²) in [5, 5.41) is 2.65. The van der Waals surface area contributed by atoms with Crippen LogP contribution in [-0.4, -0.2) is 16.1 Å². The Hall–Kier alpha value is -3.35. The molecule has 0 spiro atoms. The third-order valence-corrected chi connectivity index (χ3v) is 5.32. The van der Waals surface area contributed by atoms with Gasteiger partial charge in [-0.2, -0.15) is 4.39 Å². The molecule has 1 saturated carbocycles. The Kier molecular flexibility index (Phi) is 4.23. The highest BCUT2D eigenvalue weighted by Crippen LogP contribution is 2.41. The number of benzene rings is 1. The molecule has 3 aromatic rings. The quantitative estimate of drug-likeness (QED) is 0.646. The predicted octanol–water partition coefficient (Wildman–Crippen LogP) is 4.82. The zero-order chi connectivity index (χ0) is 20.0. The maximum absolute atomic E-state index is 14.6. The van der Waals surface area contributed by atoms with Crippen LogP contribution in [0, 0.1) is 11.8 Å². The van der Waals surface area contributed by atoms with Crippen molar-refractivity contribution in [1.29, 1.82) is 0 Å². The summed E-state index contributed by atoms with van der Waals surface area (Å²) in [7, 11) is 0. The van der Waals surface area contributed by atoms with Gasteiger partial charge in [-0.05, 0) is 54.3 Å². The number of pyridine rings is 2. The van der Waals surface area contributed by atoms with Crippen molar-refractivity contribution in [2.24, 2.45) is 0 Å². The Labute approximate surface area is 165 Å². The first-order chi connectivity index (χ1) is 14.1.